The van der Waals surface area contributed by atoms with Crippen molar-refractivity contribution in [2.24, 2.45) is 5.41 Å². The zero-order chi connectivity index (χ0) is 12.2. The number of nitrogens with one attached hydrogen (secondary N) is 1. The van der Waals surface area contributed by atoms with E-state index in [0.717, 1.165) is 12.2 Å². The van der Waals surface area contributed by atoms with Gasteiger partial charge >= 0.3 is 0 Å². The van der Waals surface area contributed by atoms with Crippen LogP contribution in [0.2, 0.25) is 0 Å². The summed E-state index contributed by atoms with van der Waals surface area (Å²) in [7, 11) is 0. The number of aliphatic hydroxyl groups is 2. The van der Waals surface area contributed by atoms with Gasteiger partial charge in [0.1, 0.15) is 0 Å². The van der Waals surface area contributed by atoms with Gasteiger partial charge in [0.25, 0.3) is 0 Å². The van der Waals surface area contributed by atoms with Crippen LogP contribution in [-0.2, 0) is 0 Å². The molecular formula is C12H25NO2S. The van der Waals surface area contributed by atoms with Crippen LogP contribution < -0.4 is 5.32 Å². The van der Waals surface area contributed by atoms with E-state index in [9.17, 15) is 10.2 Å². The average Bonchev–Trinajstić information content (AvgIpc) is 2.28. The van der Waals surface area contributed by atoms with Crippen LogP contribution >= 0.6 is 11.8 Å². The standard InChI is InChI=1S/C12H25NO2S/c1-4-12(8-14,9-15)13-10-7-16-6-5-11(10,2)3/h10,13-15H,4-9H2,1-3H3. The van der Waals surface area contributed by atoms with E-state index in [-0.39, 0.29) is 18.6 Å². The van der Waals surface area contributed by atoms with E-state index in [0.29, 0.717) is 6.04 Å². The molecule has 0 amide bonds. The third kappa shape index (κ3) is 3.13. The molecule has 1 aliphatic rings. The maximum Gasteiger partial charge on any atom is 0.0648 e. The van der Waals surface area contributed by atoms with Crippen molar-refractivity contribution in [2.45, 2.75) is 45.2 Å². The molecule has 16 heavy (non-hydrogen) atoms. The van der Waals surface area contributed by atoms with Crippen LogP contribution in [0.4, 0.5) is 0 Å². The van der Waals surface area contributed by atoms with Gasteiger partial charge in [0.2, 0.25) is 0 Å². The number of thioether (sulfide) groups is 1. The summed E-state index contributed by atoms with van der Waals surface area (Å²) in [5.41, 5.74) is -0.268. The molecule has 0 saturated carbocycles. The van der Waals surface area contributed by atoms with Crippen LogP contribution in [0.3, 0.4) is 0 Å². The first-order valence-electron chi connectivity index (χ1n) is 6.07. The van der Waals surface area contributed by atoms with Crippen LogP contribution in [0.1, 0.15) is 33.6 Å². The molecule has 3 N–H and O–H groups in total. The Labute approximate surface area is 103 Å². The zero-order valence-electron chi connectivity index (χ0n) is 10.6. The topological polar surface area (TPSA) is 52.5 Å². The van der Waals surface area contributed by atoms with Gasteiger partial charge in [0.05, 0.1) is 18.8 Å². The van der Waals surface area contributed by atoms with Gasteiger partial charge in [-0.15, -0.1) is 0 Å². The lowest BCUT2D eigenvalue weighted by atomic mass is 9.80. The molecule has 0 bridgehead atoms. The SMILES string of the molecule is CCC(CO)(CO)NC1CSCCC1(C)C. The van der Waals surface area contributed by atoms with Crippen molar-refractivity contribution in [2.75, 3.05) is 24.7 Å². The zero-order valence-corrected chi connectivity index (χ0v) is 11.4. The molecule has 1 unspecified atom stereocenters. The molecule has 0 aliphatic carbocycles. The van der Waals surface area contributed by atoms with Crippen molar-refractivity contribution >= 4 is 11.8 Å². The molecule has 0 aromatic carbocycles. The smallest absolute Gasteiger partial charge is 0.0648 e. The van der Waals surface area contributed by atoms with Crippen molar-refractivity contribution in [3.63, 3.8) is 0 Å². The van der Waals surface area contributed by atoms with Crippen LogP contribution in [0, 0.1) is 5.41 Å². The summed E-state index contributed by atoms with van der Waals surface area (Å²) in [5.74, 6) is 2.28. The van der Waals surface area contributed by atoms with Gasteiger partial charge in [-0.2, -0.15) is 11.8 Å². The van der Waals surface area contributed by atoms with Gasteiger partial charge in [-0.1, -0.05) is 20.8 Å². The minimum absolute atomic E-state index is 0.00273. The maximum atomic E-state index is 9.45. The molecule has 3 nitrogen and oxygen atoms in total. The molecule has 1 rings (SSSR count). The largest absolute Gasteiger partial charge is 0.394 e. The summed E-state index contributed by atoms with van der Waals surface area (Å²) in [6.07, 6.45) is 1.93. The minimum atomic E-state index is -0.514. The van der Waals surface area contributed by atoms with Crippen molar-refractivity contribution in [1.29, 1.82) is 0 Å². The quantitative estimate of drug-likeness (QED) is 0.684. The van der Waals surface area contributed by atoms with Crippen molar-refractivity contribution in [3.05, 3.63) is 0 Å². The summed E-state index contributed by atoms with van der Waals surface area (Å²) in [4.78, 5) is 0. The van der Waals surface area contributed by atoms with E-state index in [4.69, 9.17) is 0 Å². The van der Waals surface area contributed by atoms with E-state index >= 15 is 0 Å². The molecule has 0 spiro atoms. The Bertz CT molecular complexity index is 209. The number of hydrogen-bond acceptors (Lipinski definition) is 4. The lowest BCUT2D eigenvalue weighted by molar-refractivity contribution is 0.0606. The van der Waals surface area contributed by atoms with Gasteiger partial charge in [-0.25, -0.2) is 0 Å². The molecule has 0 aromatic heterocycles. The predicted molar refractivity (Wildman–Crippen MR) is 69.8 cm³/mol. The fourth-order valence-corrected chi connectivity index (χ4v) is 3.62. The second kappa shape index (κ2) is 5.71. The summed E-state index contributed by atoms with van der Waals surface area (Å²) >= 11 is 1.95. The number of aliphatic hydroxyl groups excluding tert-OH is 2. The highest BCUT2D eigenvalue weighted by Gasteiger charge is 2.38. The average molecular weight is 247 g/mol. The van der Waals surface area contributed by atoms with E-state index in [1.54, 1.807) is 0 Å². The molecule has 1 atom stereocenters. The summed E-state index contributed by atoms with van der Waals surface area (Å²) in [6, 6.07) is 0.366. The highest BCUT2D eigenvalue weighted by Crippen LogP contribution is 2.35. The van der Waals surface area contributed by atoms with Crippen molar-refractivity contribution < 1.29 is 10.2 Å². The Balaban J connectivity index is 2.69. The van der Waals surface area contributed by atoms with Gasteiger partial charge in [0.15, 0.2) is 0 Å². The second-order valence-corrected chi connectivity index (χ2v) is 6.61. The van der Waals surface area contributed by atoms with Crippen LogP contribution in [0.15, 0.2) is 0 Å². The fourth-order valence-electron chi connectivity index (χ4n) is 2.01. The van der Waals surface area contributed by atoms with E-state index in [1.165, 1.54) is 12.2 Å². The first-order chi connectivity index (χ1) is 7.49. The van der Waals surface area contributed by atoms with Gasteiger partial charge in [-0.05, 0) is 24.0 Å². The molecule has 1 fully saturated rings. The van der Waals surface area contributed by atoms with Crippen LogP contribution in [0.25, 0.3) is 0 Å². The van der Waals surface area contributed by atoms with E-state index in [2.05, 4.69) is 19.2 Å². The monoisotopic (exact) mass is 247 g/mol. The summed E-state index contributed by atoms with van der Waals surface area (Å²) in [6.45, 7) is 6.52. The summed E-state index contributed by atoms with van der Waals surface area (Å²) < 4.78 is 0. The molecule has 4 heteroatoms. The predicted octanol–water partition coefficient (Wildman–Crippen LogP) is 1.24. The third-order valence-electron chi connectivity index (χ3n) is 3.88. The lowest BCUT2D eigenvalue weighted by Crippen LogP contribution is -2.60. The molecule has 96 valence electrons. The van der Waals surface area contributed by atoms with E-state index in [1.807, 2.05) is 18.7 Å². The number of hydrogen-bond donors (Lipinski definition) is 3. The molecule has 1 saturated heterocycles. The number of rotatable bonds is 5. The van der Waals surface area contributed by atoms with Gasteiger partial charge in [-0.3, -0.25) is 0 Å². The Morgan fingerprint density at radius 1 is 1.38 bits per heavy atom. The normalized spacial score (nSPS) is 25.7. The van der Waals surface area contributed by atoms with Crippen LogP contribution in [-0.4, -0.2) is 46.5 Å². The first-order valence-corrected chi connectivity index (χ1v) is 7.22. The maximum absolute atomic E-state index is 9.45. The first kappa shape index (κ1) is 14.3. The van der Waals surface area contributed by atoms with Gasteiger partial charge in [0, 0.05) is 11.8 Å². The highest BCUT2D eigenvalue weighted by atomic mass is 32.2. The Morgan fingerprint density at radius 3 is 2.44 bits per heavy atom. The van der Waals surface area contributed by atoms with Crippen molar-refractivity contribution in [3.8, 4) is 0 Å². The second-order valence-electron chi connectivity index (χ2n) is 5.46. The minimum Gasteiger partial charge on any atom is -0.394 e. The summed E-state index contributed by atoms with van der Waals surface area (Å²) in [5, 5.41) is 22.4. The fraction of sp³-hybridized carbons (Fsp3) is 1.00. The molecule has 0 radical (unpaired) electrons. The Hall–Kier alpha value is 0.230. The molecule has 1 aliphatic heterocycles. The van der Waals surface area contributed by atoms with Crippen LogP contribution in [0.5, 0.6) is 0 Å². The van der Waals surface area contributed by atoms with Crippen molar-refractivity contribution in [1.82, 2.24) is 5.32 Å². The Kier molecular flexibility index (Phi) is 5.10. The lowest BCUT2D eigenvalue weighted by Gasteiger charge is -2.44. The molecule has 0 aromatic rings. The Morgan fingerprint density at radius 2 is 2.00 bits per heavy atom. The van der Waals surface area contributed by atoms with E-state index < -0.39 is 5.54 Å². The highest BCUT2D eigenvalue weighted by molar-refractivity contribution is 7.99. The third-order valence-corrected chi connectivity index (χ3v) is 4.94. The van der Waals surface area contributed by atoms with Gasteiger partial charge < -0.3 is 15.5 Å². The molecule has 1 heterocycles. The molecular weight excluding hydrogens is 222 g/mol.